The lowest BCUT2D eigenvalue weighted by Gasteiger charge is -2.19. The second kappa shape index (κ2) is 4.48. The van der Waals surface area contributed by atoms with Crippen molar-refractivity contribution >= 4 is 11.9 Å². The van der Waals surface area contributed by atoms with Crippen molar-refractivity contribution in [1.82, 2.24) is 14.9 Å². The lowest BCUT2D eigenvalue weighted by atomic mass is 10.3. The highest BCUT2D eigenvalue weighted by Crippen LogP contribution is 2.27. The molecule has 1 aromatic rings. The highest BCUT2D eigenvalue weighted by Gasteiger charge is 2.34. The first-order chi connectivity index (χ1) is 8.08. The lowest BCUT2D eigenvalue weighted by Crippen LogP contribution is -2.38. The van der Waals surface area contributed by atoms with E-state index in [1.54, 1.807) is 6.92 Å². The van der Waals surface area contributed by atoms with Crippen molar-refractivity contribution < 1.29 is 14.7 Å². The number of carbonyl (C=O) groups is 2. The van der Waals surface area contributed by atoms with Gasteiger partial charge in [0.2, 0.25) is 0 Å². The van der Waals surface area contributed by atoms with Gasteiger partial charge in [0.05, 0.1) is 0 Å². The fourth-order valence-electron chi connectivity index (χ4n) is 1.62. The molecule has 0 spiro atoms. The number of aliphatic carboxylic acids is 1. The summed E-state index contributed by atoms with van der Waals surface area (Å²) in [6.07, 6.45) is 3.23. The van der Waals surface area contributed by atoms with E-state index in [1.807, 2.05) is 0 Å². The van der Waals surface area contributed by atoms with Crippen LogP contribution >= 0.6 is 0 Å². The highest BCUT2D eigenvalue weighted by molar-refractivity contribution is 5.94. The maximum atomic E-state index is 12.1. The van der Waals surface area contributed by atoms with Gasteiger partial charge in [0.15, 0.2) is 0 Å². The van der Waals surface area contributed by atoms with Crippen LogP contribution in [-0.2, 0) is 4.79 Å². The largest absolute Gasteiger partial charge is 0.480 e. The van der Waals surface area contributed by atoms with Crippen LogP contribution in [0.3, 0.4) is 0 Å². The molecule has 90 valence electrons. The molecule has 1 saturated carbocycles. The molecule has 1 aliphatic carbocycles. The SMILES string of the molecule is Cc1nccc(C(=O)N(CC(=O)O)C2CC2)n1. The third-order valence-corrected chi connectivity index (χ3v) is 2.55. The molecule has 1 fully saturated rings. The molecule has 0 radical (unpaired) electrons. The molecule has 1 aromatic heterocycles. The van der Waals surface area contributed by atoms with E-state index < -0.39 is 5.97 Å². The van der Waals surface area contributed by atoms with Crippen LogP contribution in [0, 0.1) is 6.92 Å². The summed E-state index contributed by atoms with van der Waals surface area (Å²) < 4.78 is 0. The van der Waals surface area contributed by atoms with Crippen LogP contribution in [0.1, 0.15) is 29.2 Å². The molecule has 1 amide bonds. The van der Waals surface area contributed by atoms with Crippen LogP contribution in [0.2, 0.25) is 0 Å². The van der Waals surface area contributed by atoms with Gasteiger partial charge in [-0.1, -0.05) is 0 Å². The van der Waals surface area contributed by atoms with Crippen molar-refractivity contribution in [1.29, 1.82) is 0 Å². The van der Waals surface area contributed by atoms with Gasteiger partial charge in [-0.05, 0) is 25.8 Å². The van der Waals surface area contributed by atoms with Gasteiger partial charge in [0.25, 0.3) is 5.91 Å². The first-order valence-corrected chi connectivity index (χ1v) is 5.40. The summed E-state index contributed by atoms with van der Waals surface area (Å²) in [6, 6.07) is 1.56. The van der Waals surface area contributed by atoms with Gasteiger partial charge in [-0.2, -0.15) is 0 Å². The second-order valence-electron chi connectivity index (χ2n) is 4.05. The molecule has 17 heavy (non-hydrogen) atoms. The Labute approximate surface area is 98.3 Å². The number of aryl methyl sites for hydroxylation is 1. The number of carboxylic acid groups (broad SMARTS) is 1. The van der Waals surface area contributed by atoms with Crippen molar-refractivity contribution in [2.24, 2.45) is 0 Å². The van der Waals surface area contributed by atoms with Gasteiger partial charge in [0.1, 0.15) is 18.1 Å². The van der Waals surface area contributed by atoms with Crippen molar-refractivity contribution in [3.63, 3.8) is 0 Å². The molecule has 0 unspecified atom stereocenters. The zero-order valence-corrected chi connectivity index (χ0v) is 9.46. The van der Waals surface area contributed by atoms with Crippen molar-refractivity contribution in [3.05, 3.63) is 23.8 Å². The van der Waals surface area contributed by atoms with Crippen LogP contribution in [0.4, 0.5) is 0 Å². The molecule has 0 aliphatic heterocycles. The van der Waals surface area contributed by atoms with Crippen molar-refractivity contribution in [3.8, 4) is 0 Å². The third-order valence-electron chi connectivity index (χ3n) is 2.55. The Morgan fingerprint density at radius 1 is 1.53 bits per heavy atom. The normalized spacial score (nSPS) is 14.4. The highest BCUT2D eigenvalue weighted by atomic mass is 16.4. The number of nitrogens with zero attached hydrogens (tertiary/aromatic N) is 3. The van der Waals surface area contributed by atoms with Crippen molar-refractivity contribution in [2.45, 2.75) is 25.8 Å². The summed E-state index contributed by atoms with van der Waals surface area (Å²) in [7, 11) is 0. The van der Waals surface area contributed by atoms with Crippen LogP contribution in [0.25, 0.3) is 0 Å². The van der Waals surface area contributed by atoms with Gasteiger partial charge in [-0.3, -0.25) is 9.59 Å². The summed E-state index contributed by atoms with van der Waals surface area (Å²) in [5.41, 5.74) is 0.255. The van der Waals surface area contributed by atoms with E-state index >= 15 is 0 Å². The van der Waals surface area contributed by atoms with E-state index in [0.29, 0.717) is 5.82 Å². The predicted molar refractivity (Wildman–Crippen MR) is 58.5 cm³/mol. The standard InChI is InChI=1S/C11H13N3O3/c1-7-12-5-4-9(13-7)11(17)14(6-10(15)16)8-2-3-8/h4-5,8H,2-3,6H2,1H3,(H,15,16). The third kappa shape index (κ3) is 2.77. The van der Waals surface area contributed by atoms with Gasteiger partial charge < -0.3 is 10.0 Å². The second-order valence-corrected chi connectivity index (χ2v) is 4.05. The first-order valence-electron chi connectivity index (χ1n) is 5.40. The number of amides is 1. The van der Waals surface area contributed by atoms with E-state index in [2.05, 4.69) is 9.97 Å². The molecule has 1 aliphatic rings. The van der Waals surface area contributed by atoms with Crippen LogP contribution in [-0.4, -0.2) is 44.4 Å². The zero-order valence-electron chi connectivity index (χ0n) is 9.46. The number of hydrogen-bond donors (Lipinski definition) is 1. The van der Waals surface area contributed by atoms with E-state index in [1.165, 1.54) is 17.2 Å². The smallest absolute Gasteiger partial charge is 0.323 e. The molecule has 1 N–H and O–H groups in total. The number of carboxylic acids is 1. The predicted octanol–water partition coefficient (Wildman–Crippen LogP) is 0.474. The minimum absolute atomic E-state index is 0.0499. The number of aromatic nitrogens is 2. The lowest BCUT2D eigenvalue weighted by molar-refractivity contribution is -0.137. The molecule has 6 heteroatoms. The Kier molecular flexibility index (Phi) is 3.03. The molecular formula is C11H13N3O3. The molecule has 0 bridgehead atoms. The van der Waals surface area contributed by atoms with Gasteiger partial charge in [-0.15, -0.1) is 0 Å². The minimum atomic E-state index is -1.00. The molecule has 0 atom stereocenters. The maximum absolute atomic E-state index is 12.1. The molecular weight excluding hydrogens is 222 g/mol. The maximum Gasteiger partial charge on any atom is 0.323 e. The molecule has 6 nitrogen and oxygen atoms in total. The molecule has 0 saturated heterocycles. The Balaban J connectivity index is 2.18. The summed E-state index contributed by atoms with van der Waals surface area (Å²) >= 11 is 0. The first kappa shape index (κ1) is 11.5. The quantitative estimate of drug-likeness (QED) is 0.820. The Morgan fingerprint density at radius 2 is 2.24 bits per heavy atom. The minimum Gasteiger partial charge on any atom is -0.480 e. The fraction of sp³-hybridized carbons (Fsp3) is 0.455. The Bertz CT molecular complexity index is 457. The van der Waals surface area contributed by atoms with Crippen LogP contribution in [0.5, 0.6) is 0 Å². The Hall–Kier alpha value is -1.98. The number of hydrogen-bond acceptors (Lipinski definition) is 4. The summed E-state index contributed by atoms with van der Waals surface area (Å²) in [5, 5.41) is 8.78. The van der Waals surface area contributed by atoms with E-state index in [4.69, 9.17) is 5.11 Å². The van der Waals surface area contributed by atoms with Gasteiger partial charge >= 0.3 is 5.97 Å². The van der Waals surface area contributed by atoms with Gasteiger partial charge in [0, 0.05) is 12.2 Å². The summed E-state index contributed by atoms with van der Waals surface area (Å²) in [4.78, 5) is 32.1. The zero-order chi connectivity index (χ0) is 12.4. The van der Waals surface area contributed by atoms with Crippen LogP contribution < -0.4 is 0 Å². The topological polar surface area (TPSA) is 83.4 Å². The molecule has 0 aromatic carbocycles. The fourth-order valence-corrected chi connectivity index (χ4v) is 1.62. The summed E-state index contributed by atoms with van der Waals surface area (Å²) in [5.74, 6) is -0.835. The number of carbonyl (C=O) groups excluding carboxylic acids is 1. The number of rotatable bonds is 4. The van der Waals surface area contributed by atoms with Gasteiger partial charge in [-0.25, -0.2) is 9.97 Å². The van der Waals surface area contributed by atoms with E-state index in [9.17, 15) is 9.59 Å². The monoisotopic (exact) mass is 235 g/mol. The van der Waals surface area contributed by atoms with Crippen LogP contribution in [0.15, 0.2) is 12.3 Å². The van der Waals surface area contributed by atoms with E-state index in [0.717, 1.165) is 12.8 Å². The molecule has 2 rings (SSSR count). The van der Waals surface area contributed by atoms with Crippen molar-refractivity contribution in [2.75, 3.05) is 6.54 Å². The van der Waals surface area contributed by atoms with E-state index in [-0.39, 0.29) is 24.2 Å². The average Bonchev–Trinajstić information content (AvgIpc) is 3.08. The molecule has 1 heterocycles. The summed E-state index contributed by atoms with van der Waals surface area (Å²) in [6.45, 7) is 1.42. The average molecular weight is 235 g/mol. The Morgan fingerprint density at radius 3 is 2.76 bits per heavy atom.